The molecule has 1 heterocycles. The van der Waals surface area contributed by atoms with Crippen molar-refractivity contribution >= 4 is 18.5 Å². The topological polar surface area (TPSA) is 73.8 Å². The normalized spacial score (nSPS) is 12.4. The fraction of sp³-hybridized carbons (Fsp3) is 0.182. The Kier molecular flexibility index (Phi) is 3.14. The number of rotatable bonds is 3. The predicted molar refractivity (Wildman–Crippen MR) is 65.8 cm³/mol. The van der Waals surface area contributed by atoms with Gasteiger partial charge in [-0.3, -0.25) is 9.36 Å². The van der Waals surface area contributed by atoms with E-state index in [1.165, 1.54) is 0 Å². The van der Waals surface area contributed by atoms with Gasteiger partial charge < -0.3 is 5.73 Å². The molecule has 2 N–H and O–H groups in total. The third kappa shape index (κ3) is 2.16. The van der Waals surface area contributed by atoms with Gasteiger partial charge in [-0.05, 0) is 12.5 Å². The summed E-state index contributed by atoms with van der Waals surface area (Å²) in [5, 5.41) is 8.06. The Hall–Kier alpha value is -1.82. The number of nitrogens with zero attached hydrogens (tertiary/aromatic N) is 3. The Bertz CT molecular complexity index is 518. The van der Waals surface area contributed by atoms with Crippen LogP contribution in [0.25, 0.3) is 0 Å². The molecular weight excluding hydrogens is 236 g/mol. The summed E-state index contributed by atoms with van der Waals surface area (Å²) in [5.41, 5.74) is 6.24. The molecule has 0 aliphatic rings. The minimum absolute atomic E-state index is 0.371. The van der Waals surface area contributed by atoms with Crippen LogP contribution < -0.4 is 5.73 Å². The van der Waals surface area contributed by atoms with Gasteiger partial charge in [0, 0.05) is 0 Å². The molecule has 0 fully saturated rings. The van der Waals surface area contributed by atoms with E-state index in [1.807, 2.05) is 30.3 Å². The fourth-order valence-corrected chi connectivity index (χ4v) is 2.04. The second-order valence-corrected chi connectivity index (χ2v) is 4.03. The summed E-state index contributed by atoms with van der Waals surface area (Å²) in [7, 11) is 0. The number of thiol groups is 1. The zero-order valence-corrected chi connectivity index (χ0v) is 10.1. The average molecular weight is 248 g/mol. The number of primary amides is 1. The molecule has 1 atom stereocenters. The lowest BCUT2D eigenvalue weighted by atomic mass is 10.1. The second kappa shape index (κ2) is 4.58. The van der Waals surface area contributed by atoms with E-state index in [1.54, 1.807) is 11.5 Å². The molecule has 0 saturated carbocycles. The van der Waals surface area contributed by atoms with Crippen molar-refractivity contribution in [3.05, 3.63) is 41.7 Å². The zero-order valence-electron chi connectivity index (χ0n) is 9.24. The molecule has 5 nitrogen and oxygen atoms in total. The lowest BCUT2D eigenvalue weighted by molar-refractivity contribution is -0.120. The molecule has 17 heavy (non-hydrogen) atoms. The summed E-state index contributed by atoms with van der Waals surface area (Å²) < 4.78 is 1.61. The van der Waals surface area contributed by atoms with Crippen molar-refractivity contribution in [2.75, 3.05) is 0 Å². The summed E-state index contributed by atoms with van der Waals surface area (Å²) in [6, 6.07) is 8.62. The number of hydrogen-bond donors (Lipinski definition) is 2. The molecule has 1 unspecified atom stereocenters. The van der Waals surface area contributed by atoms with Gasteiger partial charge in [-0.25, -0.2) is 0 Å². The minimum atomic E-state index is -0.626. The Morgan fingerprint density at radius 3 is 2.47 bits per heavy atom. The summed E-state index contributed by atoms with van der Waals surface area (Å²) >= 11 is 4.18. The quantitative estimate of drug-likeness (QED) is 0.794. The maximum atomic E-state index is 11.6. The van der Waals surface area contributed by atoms with Crippen molar-refractivity contribution in [1.29, 1.82) is 0 Å². The Labute approximate surface area is 104 Å². The van der Waals surface area contributed by atoms with Gasteiger partial charge in [0.05, 0.1) is 0 Å². The van der Waals surface area contributed by atoms with Crippen molar-refractivity contribution in [2.24, 2.45) is 5.73 Å². The van der Waals surface area contributed by atoms with E-state index in [0.29, 0.717) is 11.0 Å². The van der Waals surface area contributed by atoms with Crippen LogP contribution in [-0.2, 0) is 4.79 Å². The number of aryl methyl sites for hydroxylation is 1. The van der Waals surface area contributed by atoms with E-state index in [9.17, 15) is 4.79 Å². The van der Waals surface area contributed by atoms with Crippen LogP contribution >= 0.6 is 12.6 Å². The number of aromatic nitrogens is 3. The molecule has 0 spiro atoms. The standard InChI is InChI=1S/C11H12N4OS/c1-7-13-14-11(17)15(7)9(10(12)16)8-5-3-2-4-6-8/h2-6,9H,1H3,(H2,12,16)(H,14,17). The number of amides is 1. The summed E-state index contributed by atoms with van der Waals surface area (Å²) in [6.45, 7) is 1.76. The molecule has 88 valence electrons. The van der Waals surface area contributed by atoms with Gasteiger partial charge in [-0.1, -0.05) is 30.3 Å². The van der Waals surface area contributed by atoms with Crippen LogP contribution in [0.1, 0.15) is 17.4 Å². The van der Waals surface area contributed by atoms with Gasteiger partial charge in [0.15, 0.2) is 5.16 Å². The summed E-state index contributed by atoms with van der Waals surface area (Å²) in [4.78, 5) is 11.6. The number of hydrogen-bond acceptors (Lipinski definition) is 4. The highest BCUT2D eigenvalue weighted by Crippen LogP contribution is 2.22. The zero-order chi connectivity index (χ0) is 12.4. The highest BCUT2D eigenvalue weighted by molar-refractivity contribution is 7.80. The van der Waals surface area contributed by atoms with Crippen LogP contribution in [0.2, 0.25) is 0 Å². The monoisotopic (exact) mass is 248 g/mol. The van der Waals surface area contributed by atoms with Crippen molar-refractivity contribution in [3.8, 4) is 0 Å². The fourth-order valence-electron chi connectivity index (χ4n) is 1.74. The largest absolute Gasteiger partial charge is 0.368 e. The first-order chi connectivity index (χ1) is 8.11. The van der Waals surface area contributed by atoms with E-state index >= 15 is 0 Å². The highest BCUT2D eigenvalue weighted by atomic mass is 32.1. The molecule has 6 heteroatoms. The molecule has 0 saturated heterocycles. The minimum Gasteiger partial charge on any atom is -0.368 e. The van der Waals surface area contributed by atoms with E-state index < -0.39 is 11.9 Å². The number of benzene rings is 1. The molecule has 0 aliphatic carbocycles. The maximum Gasteiger partial charge on any atom is 0.245 e. The van der Waals surface area contributed by atoms with Gasteiger partial charge in [0.2, 0.25) is 5.91 Å². The SMILES string of the molecule is Cc1nnc(S)n1C(C(N)=O)c1ccccc1. The van der Waals surface area contributed by atoms with Crippen molar-refractivity contribution in [2.45, 2.75) is 18.1 Å². The Morgan fingerprint density at radius 1 is 1.35 bits per heavy atom. The van der Waals surface area contributed by atoms with E-state index in [4.69, 9.17) is 5.73 Å². The highest BCUT2D eigenvalue weighted by Gasteiger charge is 2.23. The molecule has 0 radical (unpaired) electrons. The van der Waals surface area contributed by atoms with Crippen molar-refractivity contribution in [3.63, 3.8) is 0 Å². The van der Waals surface area contributed by atoms with Crippen LogP contribution in [0.4, 0.5) is 0 Å². The van der Waals surface area contributed by atoms with Crippen LogP contribution in [0, 0.1) is 6.92 Å². The summed E-state index contributed by atoms with van der Waals surface area (Å²) in [5.74, 6) is 0.136. The predicted octanol–water partition coefficient (Wildman–Crippen LogP) is 0.950. The number of carbonyl (C=O) groups is 1. The van der Waals surface area contributed by atoms with Crippen LogP contribution in [0.15, 0.2) is 35.5 Å². The molecular formula is C11H12N4OS. The average Bonchev–Trinajstić information content (AvgIpc) is 2.62. The maximum absolute atomic E-state index is 11.6. The molecule has 2 aromatic rings. The number of nitrogens with two attached hydrogens (primary N) is 1. The van der Waals surface area contributed by atoms with Crippen molar-refractivity contribution in [1.82, 2.24) is 14.8 Å². The molecule has 0 aliphatic heterocycles. The first-order valence-electron chi connectivity index (χ1n) is 5.06. The molecule has 0 bridgehead atoms. The molecule has 1 aromatic carbocycles. The Morgan fingerprint density at radius 2 is 2.00 bits per heavy atom. The molecule has 1 aromatic heterocycles. The first kappa shape index (κ1) is 11.7. The van der Waals surface area contributed by atoms with E-state index in [-0.39, 0.29) is 0 Å². The summed E-state index contributed by atoms with van der Waals surface area (Å²) in [6.07, 6.45) is 0. The van der Waals surface area contributed by atoms with Crippen LogP contribution in [0.5, 0.6) is 0 Å². The molecule has 2 rings (SSSR count). The first-order valence-corrected chi connectivity index (χ1v) is 5.50. The van der Waals surface area contributed by atoms with Gasteiger partial charge in [-0.15, -0.1) is 22.8 Å². The van der Waals surface area contributed by atoms with Crippen LogP contribution in [0.3, 0.4) is 0 Å². The second-order valence-electron chi connectivity index (χ2n) is 3.63. The van der Waals surface area contributed by atoms with E-state index in [0.717, 1.165) is 5.56 Å². The van der Waals surface area contributed by atoms with E-state index in [2.05, 4.69) is 22.8 Å². The Balaban J connectivity index is 2.55. The van der Waals surface area contributed by atoms with Gasteiger partial charge in [0.1, 0.15) is 11.9 Å². The number of carbonyl (C=O) groups excluding carboxylic acids is 1. The lowest BCUT2D eigenvalue weighted by Crippen LogP contribution is -2.28. The van der Waals surface area contributed by atoms with Crippen molar-refractivity contribution < 1.29 is 4.79 Å². The van der Waals surface area contributed by atoms with Gasteiger partial charge >= 0.3 is 0 Å². The van der Waals surface area contributed by atoms with Gasteiger partial charge in [0.25, 0.3) is 0 Å². The van der Waals surface area contributed by atoms with Gasteiger partial charge in [-0.2, -0.15) is 0 Å². The third-order valence-electron chi connectivity index (χ3n) is 2.49. The smallest absolute Gasteiger partial charge is 0.245 e. The molecule has 1 amide bonds. The van der Waals surface area contributed by atoms with Crippen LogP contribution in [-0.4, -0.2) is 20.7 Å². The lowest BCUT2D eigenvalue weighted by Gasteiger charge is -2.17. The third-order valence-corrected chi connectivity index (χ3v) is 2.80.